The molecule has 2 unspecified atom stereocenters. The van der Waals surface area contributed by atoms with E-state index in [4.69, 9.17) is 4.74 Å². The van der Waals surface area contributed by atoms with Crippen molar-refractivity contribution >= 4 is 11.9 Å². The second-order valence-electron chi connectivity index (χ2n) is 25.6. The Kier molecular flexibility index (Phi) is 69.4. The summed E-state index contributed by atoms with van der Waals surface area (Å²) in [5.74, 6) is -0.0523. The van der Waals surface area contributed by atoms with Gasteiger partial charge in [0.15, 0.2) is 0 Å². The zero-order chi connectivity index (χ0) is 58.5. The van der Waals surface area contributed by atoms with E-state index >= 15 is 0 Å². The largest absolute Gasteiger partial charge is 0.466 e. The van der Waals surface area contributed by atoms with Crippen LogP contribution in [-0.2, 0) is 14.3 Å². The molecule has 0 aromatic rings. The summed E-state index contributed by atoms with van der Waals surface area (Å²) in [4.78, 5) is 24.6. The lowest BCUT2D eigenvalue weighted by atomic mass is 10.0. The van der Waals surface area contributed by atoms with E-state index in [2.05, 4.69) is 31.3 Å². The number of aliphatic hydroxyl groups is 2. The molecule has 3 N–H and O–H groups in total. The molecule has 1 amide bonds. The Morgan fingerprint density at radius 3 is 0.889 bits per heavy atom. The van der Waals surface area contributed by atoms with Crippen LogP contribution in [0.2, 0.25) is 0 Å². The monoisotopic (exact) mass is 1140 g/mol. The molecule has 6 heteroatoms. The van der Waals surface area contributed by atoms with Crippen LogP contribution in [0.25, 0.3) is 0 Å². The lowest BCUT2D eigenvalue weighted by Crippen LogP contribution is -2.45. The van der Waals surface area contributed by atoms with Crippen LogP contribution in [0.3, 0.4) is 0 Å². The van der Waals surface area contributed by atoms with Crippen LogP contribution in [0.15, 0.2) is 24.3 Å². The average molecular weight is 1140 g/mol. The first-order chi connectivity index (χ1) is 40.0. The minimum atomic E-state index is -0.844. The third-order valence-electron chi connectivity index (χ3n) is 17.5. The molecule has 81 heavy (non-hydrogen) atoms. The van der Waals surface area contributed by atoms with E-state index in [1.165, 1.54) is 347 Å². The Morgan fingerprint density at radius 1 is 0.333 bits per heavy atom. The molecule has 6 nitrogen and oxygen atoms in total. The molecule has 0 aliphatic carbocycles. The van der Waals surface area contributed by atoms with E-state index in [0.29, 0.717) is 19.4 Å². The molecule has 0 saturated heterocycles. The highest BCUT2D eigenvalue weighted by molar-refractivity contribution is 5.76. The van der Waals surface area contributed by atoms with Crippen LogP contribution in [0.5, 0.6) is 0 Å². The van der Waals surface area contributed by atoms with E-state index in [-0.39, 0.29) is 18.5 Å². The van der Waals surface area contributed by atoms with Gasteiger partial charge in [-0.05, 0) is 57.8 Å². The lowest BCUT2D eigenvalue weighted by molar-refractivity contribution is -0.143. The molecule has 0 aliphatic heterocycles. The fraction of sp³-hybridized carbons (Fsp3) is 0.920. The lowest BCUT2D eigenvalue weighted by Gasteiger charge is -2.20. The van der Waals surface area contributed by atoms with Gasteiger partial charge < -0.3 is 20.3 Å². The molecule has 0 fully saturated rings. The molecule has 0 heterocycles. The summed E-state index contributed by atoms with van der Waals surface area (Å²) >= 11 is 0. The summed E-state index contributed by atoms with van der Waals surface area (Å²) in [5, 5.41) is 23.3. The van der Waals surface area contributed by atoms with Crippen LogP contribution in [0.1, 0.15) is 418 Å². The number of unbranched alkanes of at least 4 members (excludes halogenated alkanes) is 57. The van der Waals surface area contributed by atoms with Gasteiger partial charge in [-0.2, -0.15) is 0 Å². The molecule has 0 aliphatic rings. The molecule has 0 spiro atoms. The van der Waals surface area contributed by atoms with E-state index in [1.807, 2.05) is 6.08 Å². The van der Waals surface area contributed by atoms with Gasteiger partial charge in [0.05, 0.1) is 25.4 Å². The number of nitrogens with one attached hydrogen (secondary N) is 1. The number of carbonyl (C=O) groups is 2. The molecule has 0 bridgehead atoms. The van der Waals surface area contributed by atoms with Crippen molar-refractivity contribution in [2.45, 2.75) is 431 Å². The van der Waals surface area contributed by atoms with Crippen LogP contribution in [0, 0.1) is 0 Å². The number of hydrogen-bond donors (Lipinski definition) is 3. The summed E-state index contributed by atoms with van der Waals surface area (Å²) in [6.07, 6.45) is 89.9. The summed E-state index contributed by atoms with van der Waals surface area (Å²) in [5.41, 5.74) is 0. The number of rotatable bonds is 70. The topological polar surface area (TPSA) is 95.9 Å². The van der Waals surface area contributed by atoms with Crippen molar-refractivity contribution in [2.75, 3.05) is 13.2 Å². The van der Waals surface area contributed by atoms with Crippen LogP contribution < -0.4 is 5.32 Å². The van der Waals surface area contributed by atoms with Gasteiger partial charge in [0.25, 0.3) is 0 Å². The number of allylic oxidation sites excluding steroid dienone is 3. The quantitative estimate of drug-likeness (QED) is 0.0320. The van der Waals surface area contributed by atoms with Crippen LogP contribution in [0.4, 0.5) is 0 Å². The number of aliphatic hydroxyl groups excluding tert-OH is 2. The Bertz CT molecular complexity index is 1270. The highest BCUT2D eigenvalue weighted by Gasteiger charge is 2.18. The summed E-state index contributed by atoms with van der Waals surface area (Å²) < 4.78 is 5.48. The molecule has 0 aromatic heterocycles. The molecule has 0 rings (SSSR count). The van der Waals surface area contributed by atoms with Crippen molar-refractivity contribution in [1.29, 1.82) is 0 Å². The number of hydrogen-bond acceptors (Lipinski definition) is 5. The van der Waals surface area contributed by atoms with Gasteiger partial charge in [0.1, 0.15) is 0 Å². The summed E-state index contributed by atoms with van der Waals surface area (Å²) in [6, 6.07) is -0.627. The Labute approximate surface area is 507 Å². The highest BCUT2D eigenvalue weighted by atomic mass is 16.5. The molecule has 480 valence electrons. The number of amides is 1. The Balaban J connectivity index is 3.39. The molecule has 0 radical (unpaired) electrons. The van der Waals surface area contributed by atoms with Gasteiger partial charge in [0, 0.05) is 12.8 Å². The number of esters is 1. The van der Waals surface area contributed by atoms with Crippen molar-refractivity contribution in [3.8, 4) is 0 Å². The van der Waals surface area contributed by atoms with Crippen molar-refractivity contribution < 1.29 is 24.5 Å². The predicted molar refractivity (Wildman–Crippen MR) is 356 cm³/mol. The van der Waals surface area contributed by atoms with Crippen molar-refractivity contribution in [3.05, 3.63) is 24.3 Å². The number of carbonyl (C=O) groups excluding carboxylic acids is 2. The van der Waals surface area contributed by atoms with Gasteiger partial charge in [-0.1, -0.05) is 372 Å². The van der Waals surface area contributed by atoms with Crippen molar-refractivity contribution in [1.82, 2.24) is 5.32 Å². The first kappa shape index (κ1) is 79.3. The van der Waals surface area contributed by atoms with Crippen LogP contribution in [-0.4, -0.2) is 47.4 Å². The third-order valence-corrected chi connectivity index (χ3v) is 17.5. The van der Waals surface area contributed by atoms with E-state index in [0.717, 1.165) is 44.9 Å². The standard InChI is InChI=1S/C75H145NO5/c1-3-5-7-9-11-13-15-17-18-19-20-21-22-25-28-31-34-37-40-44-47-51-55-59-63-67-73(78)72(71-77)76-74(79)68-64-60-56-52-48-45-41-38-35-32-29-26-23-24-27-30-33-36-39-42-46-50-54-58-62-66-70-81-75(80)69-65-61-57-53-49-43-16-14-12-10-8-6-4-2/h14,16,63,67,72-73,77-78H,3-13,15,17-62,64-66,68-71H2,1-2H3,(H,76,79)/b16-14-,67-63+. The Hall–Kier alpha value is -1.66. The smallest absolute Gasteiger partial charge is 0.305 e. The first-order valence-corrected chi connectivity index (χ1v) is 37.1. The molecular formula is C75H145NO5. The highest BCUT2D eigenvalue weighted by Crippen LogP contribution is 2.19. The van der Waals surface area contributed by atoms with Gasteiger partial charge >= 0.3 is 5.97 Å². The van der Waals surface area contributed by atoms with Crippen molar-refractivity contribution in [3.63, 3.8) is 0 Å². The molecule has 0 aromatic carbocycles. The molecule has 0 saturated carbocycles. The Morgan fingerprint density at radius 2 is 0.580 bits per heavy atom. The van der Waals surface area contributed by atoms with Crippen LogP contribution >= 0.6 is 0 Å². The van der Waals surface area contributed by atoms with Crippen molar-refractivity contribution in [2.24, 2.45) is 0 Å². The minimum absolute atomic E-state index is 0.00846. The fourth-order valence-electron chi connectivity index (χ4n) is 11.8. The normalized spacial score (nSPS) is 12.6. The van der Waals surface area contributed by atoms with E-state index in [9.17, 15) is 19.8 Å². The SMILES string of the molecule is CCCCCC/C=C\CCCCCCCC(=O)OCCCCCCCCCCCCCCCCCCCCCCCCCCCCC(=O)NC(CO)C(O)/C=C/CCCCCCCCCCCCCCCCCCCCCCCCC. The molecular weight excluding hydrogens is 995 g/mol. The molecule has 2 atom stereocenters. The predicted octanol–water partition coefficient (Wildman–Crippen LogP) is 24.1. The van der Waals surface area contributed by atoms with Gasteiger partial charge in [-0.25, -0.2) is 0 Å². The van der Waals surface area contributed by atoms with Gasteiger partial charge in [0.2, 0.25) is 5.91 Å². The summed E-state index contributed by atoms with van der Waals surface area (Å²) in [6.45, 7) is 4.93. The first-order valence-electron chi connectivity index (χ1n) is 37.1. The minimum Gasteiger partial charge on any atom is -0.466 e. The van der Waals surface area contributed by atoms with E-state index < -0.39 is 12.1 Å². The van der Waals surface area contributed by atoms with Gasteiger partial charge in [-0.15, -0.1) is 0 Å². The number of ether oxygens (including phenoxy) is 1. The zero-order valence-corrected chi connectivity index (χ0v) is 55.0. The second kappa shape index (κ2) is 70.8. The third kappa shape index (κ3) is 67.3. The zero-order valence-electron chi connectivity index (χ0n) is 55.0. The maximum absolute atomic E-state index is 12.5. The fourth-order valence-corrected chi connectivity index (χ4v) is 11.8. The second-order valence-corrected chi connectivity index (χ2v) is 25.6. The maximum Gasteiger partial charge on any atom is 0.305 e. The maximum atomic E-state index is 12.5. The van der Waals surface area contributed by atoms with Gasteiger partial charge in [-0.3, -0.25) is 9.59 Å². The van der Waals surface area contributed by atoms with E-state index in [1.54, 1.807) is 6.08 Å². The average Bonchev–Trinajstić information content (AvgIpc) is 3.47. The summed E-state index contributed by atoms with van der Waals surface area (Å²) in [7, 11) is 0.